The normalized spacial score (nSPS) is 23.4. The molecule has 1 atom stereocenters. The van der Waals surface area contributed by atoms with Gasteiger partial charge in [0, 0.05) is 6.54 Å². The molecule has 1 aliphatic heterocycles. The Hall–Kier alpha value is -1.86. The van der Waals surface area contributed by atoms with Crippen molar-refractivity contribution in [1.29, 1.82) is 5.26 Å². The quantitative estimate of drug-likeness (QED) is 0.795. The second-order valence-electron chi connectivity index (χ2n) is 4.57. The molecule has 18 heavy (non-hydrogen) atoms. The van der Waals surface area contributed by atoms with E-state index in [9.17, 15) is 4.79 Å². The number of carbonyl (C=O) groups excluding carboxylic acids is 1. The maximum absolute atomic E-state index is 12.0. The third kappa shape index (κ3) is 2.22. The molecule has 0 N–H and O–H groups in total. The van der Waals surface area contributed by atoms with Crippen molar-refractivity contribution in [3.05, 3.63) is 35.9 Å². The van der Waals surface area contributed by atoms with Crippen LogP contribution in [0.1, 0.15) is 18.9 Å². The number of ether oxygens (including phenoxy) is 1. The highest BCUT2D eigenvalue weighted by Gasteiger charge is 2.39. The minimum absolute atomic E-state index is 0.0809. The molecule has 0 spiro atoms. The number of nitrogens with zero attached hydrogens (tertiary/aromatic N) is 2. The molecule has 1 aromatic carbocycles. The summed E-state index contributed by atoms with van der Waals surface area (Å²) in [7, 11) is 0. The maximum atomic E-state index is 12.0. The molecule has 1 aliphatic rings. The molecular weight excluding hydrogens is 228 g/mol. The van der Waals surface area contributed by atoms with E-state index in [-0.39, 0.29) is 12.3 Å². The molecule has 1 fully saturated rings. The van der Waals surface area contributed by atoms with Crippen LogP contribution in [0.4, 0.5) is 0 Å². The topological polar surface area (TPSA) is 53.3 Å². The second-order valence-corrected chi connectivity index (χ2v) is 4.57. The molecule has 1 unspecified atom stereocenters. The molecule has 1 amide bonds. The van der Waals surface area contributed by atoms with E-state index in [4.69, 9.17) is 10.00 Å². The fourth-order valence-corrected chi connectivity index (χ4v) is 2.35. The van der Waals surface area contributed by atoms with Crippen LogP contribution in [0.3, 0.4) is 0 Å². The summed E-state index contributed by atoms with van der Waals surface area (Å²) in [6.07, 6.45) is -0.0809. The molecule has 0 aliphatic carbocycles. The summed E-state index contributed by atoms with van der Waals surface area (Å²) in [5, 5.41) is 8.68. The lowest BCUT2D eigenvalue weighted by Crippen LogP contribution is -2.55. The number of hydrogen-bond acceptors (Lipinski definition) is 3. The average molecular weight is 244 g/mol. The molecule has 0 bridgehead atoms. The molecule has 94 valence electrons. The predicted molar refractivity (Wildman–Crippen MR) is 66.6 cm³/mol. The van der Waals surface area contributed by atoms with Gasteiger partial charge in [0.2, 0.25) is 5.91 Å². The van der Waals surface area contributed by atoms with E-state index < -0.39 is 5.54 Å². The van der Waals surface area contributed by atoms with Gasteiger partial charge in [-0.05, 0) is 12.5 Å². The maximum Gasteiger partial charge on any atom is 0.237 e. The average Bonchev–Trinajstić information content (AvgIpc) is 2.40. The Labute approximate surface area is 107 Å². The van der Waals surface area contributed by atoms with E-state index in [1.807, 2.05) is 43.3 Å². The molecule has 4 heteroatoms. The van der Waals surface area contributed by atoms with Crippen LogP contribution in [0.15, 0.2) is 30.3 Å². The van der Waals surface area contributed by atoms with Crippen LogP contribution in [-0.4, -0.2) is 30.6 Å². The smallest absolute Gasteiger partial charge is 0.237 e. The minimum atomic E-state index is -0.479. The number of morpholine rings is 1. The Morgan fingerprint density at radius 2 is 2.22 bits per heavy atom. The largest absolute Gasteiger partial charge is 0.377 e. The minimum Gasteiger partial charge on any atom is -0.377 e. The lowest BCUT2D eigenvalue weighted by atomic mass is 9.89. The van der Waals surface area contributed by atoms with Crippen LogP contribution < -0.4 is 0 Å². The number of amides is 1. The molecule has 2 rings (SSSR count). The van der Waals surface area contributed by atoms with Crippen LogP contribution in [0.5, 0.6) is 0 Å². The summed E-state index contributed by atoms with van der Waals surface area (Å²) >= 11 is 0. The SMILES string of the molecule is CC1(c2ccccc2)COCCN1C(=O)CC#N. The Morgan fingerprint density at radius 1 is 1.50 bits per heavy atom. The van der Waals surface area contributed by atoms with Gasteiger partial charge in [-0.2, -0.15) is 5.26 Å². The van der Waals surface area contributed by atoms with E-state index in [2.05, 4.69) is 0 Å². The summed E-state index contributed by atoms with van der Waals surface area (Å²) < 4.78 is 5.52. The number of rotatable bonds is 2. The van der Waals surface area contributed by atoms with Gasteiger partial charge >= 0.3 is 0 Å². The molecule has 4 nitrogen and oxygen atoms in total. The number of nitriles is 1. The summed E-state index contributed by atoms with van der Waals surface area (Å²) in [5.41, 5.74) is 0.559. The third-order valence-corrected chi connectivity index (χ3v) is 3.37. The van der Waals surface area contributed by atoms with Crippen molar-refractivity contribution in [1.82, 2.24) is 4.90 Å². The molecule has 0 radical (unpaired) electrons. The van der Waals surface area contributed by atoms with E-state index in [0.717, 1.165) is 5.56 Å². The second kappa shape index (κ2) is 5.19. The highest BCUT2D eigenvalue weighted by atomic mass is 16.5. The molecule has 1 heterocycles. The first-order chi connectivity index (χ1) is 8.68. The van der Waals surface area contributed by atoms with Crippen LogP contribution in [0, 0.1) is 11.3 Å². The standard InChI is InChI=1S/C14H16N2O2/c1-14(12-5-3-2-4-6-12)11-18-10-9-16(14)13(17)7-8-15/h2-6H,7,9-11H2,1H3. The van der Waals surface area contributed by atoms with Crippen LogP contribution in [-0.2, 0) is 15.1 Å². The van der Waals surface area contributed by atoms with Crippen molar-refractivity contribution < 1.29 is 9.53 Å². The first kappa shape index (κ1) is 12.6. The Balaban J connectivity index is 2.33. The zero-order valence-electron chi connectivity index (χ0n) is 10.4. The number of hydrogen-bond donors (Lipinski definition) is 0. The van der Waals surface area contributed by atoms with Crippen LogP contribution in [0.25, 0.3) is 0 Å². The Morgan fingerprint density at radius 3 is 2.89 bits per heavy atom. The van der Waals surface area contributed by atoms with Crippen molar-refractivity contribution in [2.75, 3.05) is 19.8 Å². The van der Waals surface area contributed by atoms with Crippen LogP contribution in [0.2, 0.25) is 0 Å². The van der Waals surface area contributed by atoms with Gasteiger partial charge < -0.3 is 9.64 Å². The van der Waals surface area contributed by atoms with Gasteiger partial charge in [0.15, 0.2) is 0 Å². The first-order valence-electron chi connectivity index (χ1n) is 5.99. The van der Waals surface area contributed by atoms with Gasteiger partial charge in [-0.3, -0.25) is 4.79 Å². The molecule has 0 aromatic heterocycles. The van der Waals surface area contributed by atoms with Gasteiger partial charge in [-0.25, -0.2) is 0 Å². The number of carbonyl (C=O) groups is 1. The van der Waals surface area contributed by atoms with Gasteiger partial charge in [-0.1, -0.05) is 30.3 Å². The summed E-state index contributed by atoms with van der Waals surface area (Å²) in [6, 6.07) is 11.7. The van der Waals surface area contributed by atoms with Gasteiger partial charge in [0.1, 0.15) is 6.42 Å². The molecule has 1 aromatic rings. The molecule has 0 saturated carbocycles. The molecule has 1 saturated heterocycles. The fourth-order valence-electron chi connectivity index (χ4n) is 2.35. The zero-order valence-corrected chi connectivity index (χ0v) is 10.4. The number of benzene rings is 1. The van der Waals surface area contributed by atoms with Crippen LogP contribution >= 0.6 is 0 Å². The van der Waals surface area contributed by atoms with Crippen molar-refractivity contribution in [3.63, 3.8) is 0 Å². The first-order valence-corrected chi connectivity index (χ1v) is 5.99. The lowest BCUT2D eigenvalue weighted by molar-refractivity contribution is -0.147. The lowest BCUT2D eigenvalue weighted by Gasteiger charge is -2.44. The zero-order chi connectivity index (χ0) is 13.0. The summed E-state index contributed by atoms with van der Waals surface area (Å²) in [5.74, 6) is -0.132. The third-order valence-electron chi connectivity index (χ3n) is 3.37. The summed E-state index contributed by atoms with van der Waals surface area (Å²) in [4.78, 5) is 13.8. The van der Waals surface area contributed by atoms with Crippen molar-refractivity contribution in [2.24, 2.45) is 0 Å². The van der Waals surface area contributed by atoms with Crippen molar-refractivity contribution in [3.8, 4) is 6.07 Å². The van der Waals surface area contributed by atoms with Gasteiger partial charge in [-0.15, -0.1) is 0 Å². The van der Waals surface area contributed by atoms with Gasteiger partial charge in [0.05, 0.1) is 24.8 Å². The van der Waals surface area contributed by atoms with E-state index in [1.54, 1.807) is 4.90 Å². The summed E-state index contributed by atoms with van der Waals surface area (Å²) in [6.45, 7) is 3.51. The Bertz CT molecular complexity index is 466. The van der Waals surface area contributed by atoms with E-state index in [0.29, 0.717) is 19.8 Å². The Kier molecular flexibility index (Phi) is 3.63. The molecular formula is C14H16N2O2. The fraction of sp³-hybridized carbons (Fsp3) is 0.429. The highest BCUT2D eigenvalue weighted by molar-refractivity contribution is 5.79. The highest BCUT2D eigenvalue weighted by Crippen LogP contribution is 2.31. The monoisotopic (exact) mass is 244 g/mol. The van der Waals surface area contributed by atoms with Crippen molar-refractivity contribution >= 4 is 5.91 Å². The van der Waals surface area contributed by atoms with Gasteiger partial charge in [0.25, 0.3) is 0 Å². The van der Waals surface area contributed by atoms with Crippen molar-refractivity contribution in [2.45, 2.75) is 18.9 Å². The van der Waals surface area contributed by atoms with E-state index >= 15 is 0 Å². The van der Waals surface area contributed by atoms with E-state index in [1.165, 1.54) is 0 Å². The predicted octanol–water partition coefficient (Wildman–Crippen LogP) is 1.67.